The lowest BCUT2D eigenvalue weighted by atomic mass is 10.2. The van der Waals surface area contributed by atoms with E-state index in [4.69, 9.17) is 0 Å². The van der Waals surface area contributed by atoms with E-state index >= 15 is 0 Å². The number of hydrogen-bond acceptors (Lipinski definition) is 2. The molecule has 0 bridgehead atoms. The summed E-state index contributed by atoms with van der Waals surface area (Å²) in [5, 5.41) is 5.82. The van der Waals surface area contributed by atoms with Gasteiger partial charge in [-0.25, -0.2) is 4.79 Å². The average molecular weight is 287 g/mol. The van der Waals surface area contributed by atoms with Crippen molar-refractivity contribution < 1.29 is 9.59 Å². The van der Waals surface area contributed by atoms with E-state index < -0.39 is 0 Å². The number of aryl methyl sites for hydroxylation is 1. The van der Waals surface area contributed by atoms with Gasteiger partial charge in [-0.05, 0) is 37.8 Å². The van der Waals surface area contributed by atoms with E-state index in [1.807, 2.05) is 36.1 Å². The summed E-state index contributed by atoms with van der Waals surface area (Å²) < 4.78 is 0. The van der Waals surface area contributed by atoms with Crippen LogP contribution in [0.2, 0.25) is 0 Å². The zero-order chi connectivity index (χ0) is 14.8. The predicted octanol–water partition coefficient (Wildman–Crippen LogP) is 2.13. The van der Waals surface area contributed by atoms with Crippen molar-refractivity contribution >= 4 is 17.6 Å². The first kappa shape index (κ1) is 13.9. The smallest absolute Gasteiger partial charge is 0.319 e. The molecule has 3 amide bonds. The van der Waals surface area contributed by atoms with E-state index in [0.29, 0.717) is 6.54 Å². The Morgan fingerprint density at radius 3 is 2.67 bits per heavy atom. The highest BCUT2D eigenvalue weighted by atomic mass is 16.2. The number of nitrogens with one attached hydrogen (secondary N) is 2. The van der Waals surface area contributed by atoms with Crippen LogP contribution >= 0.6 is 0 Å². The standard InChI is InChI=1S/C16H21N3O2/c1-11-4-2-3-5-14(11)18-16(21)17-13-8-9-19(10-13)15(20)12-6-7-12/h2-5,12-13H,6-10H2,1H3,(H2,17,18,21)/t13-/m1/s1. The molecule has 1 heterocycles. The fourth-order valence-electron chi connectivity index (χ4n) is 2.72. The molecular weight excluding hydrogens is 266 g/mol. The Kier molecular flexibility index (Phi) is 3.82. The van der Waals surface area contributed by atoms with Crippen molar-refractivity contribution in [3.05, 3.63) is 29.8 Å². The highest BCUT2D eigenvalue weighted by Gasteiger charge is 2.36. The third-order valence-electron chi connectivity index (χ3n) is 4.16. The monoisotopic (exact) mass is 287 g/mol. The molecule has 0 aromatic heterocycles. The van der Waals surface area contributed by atoms with Gasteiger partial charge in [-0.15, -0.1) is 0 Å². The maximum Gasteiger partial charge on any atom is 0.319 e. The third kappa shape index (κ3) is 3.35. The number of benzene rings is 1. The molecule has 0 unspecified atom stereocenters. The Bertz CT molecular complexity index is 554. The third-order valence-corrected chi connectivity index (χ3v) is 4.16. The minimum absolute atomic E-state index is 0.0525. The van der Waals surface area contributed by atoms with Crippen LogP contribution < -0.4 is 10.6 Å². The van der Waals surface area contributed by atoms with Crippen molar-refractivity contribution in [2.75, 3.05) is 18.4 Å². The van der Waals surface area contributed by atoms with E-state index in [0.717, 1.165) is 37.1 Å². The van der Waals surface area contributed by atoms with E-state index in [9.17, 15) is 9.59 Å². The molecule has 112 valence electrons. The molecule has 1 aromatic rings. The molecule has 0 radical (unpaired) electrons. The van der Waals surface area contributed by atoms with Gasteiger partial charge in [-0.2, -0.15) is 0 Å². The SMILES string of the molecule is Cc1ccccc1NC(=O)N[C@@H]1CCN(C(=O)C2CC2)C1. The van der Waals surface area contributed by atoms with Crippen molar-refractivity contribution in [2.45, 2.75) is 32.2 Å². The maximum atomic E-state index is 12.0. The van der Waals surface area contributed by atoms with E-state index in [-0.39, 0.29) is 23.9 Å². The van der Waals surface area contributed by atoms with Crippen LogP contribution in [0.4, 0.5) is 10.5 Å². The molecule has 1 aliphatic carbocycles. The second-order valence-electron chi connectivity index (χ2n) is 5.96. The number of para-hydroxylation sites is 1. The van der Waals surface area contributed by atoms with Gasteiger partial charge in [0.15, 0.2) is 0 Å². The van der Waals surface area contributed by atoms with E-state index in [2.05, 4.69) is 10.6 Å². The van der Waals surface area contributed by atoms with Gasteiger partial charge in [0, 0.05) is 30.7 Å². The van der Waals surface area contributed by atoms with Gasteiger partial charge >= 0.3 is 6.03 Å². The van der Waals surface area contributed by atoms with Gasteiger partial charge in [-0.3, -0.25) is 4.79 Å². The summed E-state index contributed by atoms with van der Waals surface area (Å²) in [6, 6.07) is 7.53. The van der Waals surface area contributed by atoms with Crippen molar-refractivity contribution in [3.63, 3.8) is 0 Å². The number of hydrogen-bond donors (Lipinski definition) is 2. The molecule has 2 N–H and O–H groups in total. The van der Waals surface area contributed by atoms with Gasteiger partial charge in [-0.1, -0.05) is 18.2 Å². The minimum atomic E-state index is -0.199. The van der Waals surface area contributed by atoms with Gasteiger partial charge in [0.05, 0.1) is 0 Å². The number of rotatable bonds is 3. The van der Waals surface area contributed by atoms with E-state index in [1.165, 1.54) is 0 Å². The van der Waals surface area contributed by atoms with Crippen LogP contribution in [-0.2, 0) is 4.79 Å². The Morgan fingerprint density at radius 2 is 1.95 bits per heavy atom. The van der Waals surface area contributed by atoms with Crippen molar-refractivity contribution in [2.24, 2.45) is 5.92 Å². The fraction of sp³-hybridized carbons (Fsp3) is 0.500. The average Bonchev–Trinajstić information content (AvgIpc) is 3.21. The molecule has 1 saturated carbocycles. The number of urea groups is 1. The Balaban J connectivity index is 1.49. The second-order valence-corrected chi connectivity index (χ2v) is 5.96. The number of carbonyl (C=O) groups is 2. The van der Waals surface area contributed by atoms with Crippen LogP contribution in [0.15, 0.2) is 24.3 Å². The first-order chi connectivity index (χ1) is 10.1. The molecule has 0 spiro atoms. The Labute approximate surface area is 124 Å². The first-order valence-electron chi connectivity index (χ1n) is 7.55. The number of likely N-dealkylation sites (tertiary alicyclic amines) is 1. The fourth-order valence-corrected chi connectivity index (χ4v) is 2.72. The first-order valence-corrected chi connectivity index (χ1v) is 7.55. The van der Waals surface area contributed by atoms with Gasteiger partial charge in [0.1, 0.15) is 0 Å². The lowest BCUT2D eigenvalue weighted by Gasteiger charge is -2.17. The number of amides is 3. The maximum absolute atomic E-state index is 12.0. The van der Waals surface area contributed by atoms with Crippen LogP contribution in [0.5, 0.6) is 0 Å². The van der Waals surface area contributed by atoms with Crippen LogP contribution in [0.3, 0.4) is 0 Å². The van der Waals surface area contributed by atoms with Crippen LogP contribution in [-0.4, -0.2) is 36.0 Å². The molecule has 3 rings (SSSR count). The minimum Gasteiger partial charge on any atom is -0.340 e. The quantitative estimate of drug-likeness (QED) is 0.894. The highest BCUT2D eigenvalue weighted by Crippen LogP contribution is 2.32. The summed E-state index contributed by atoms with van der Waals surface area (Å²) in [5.41, 5.74) is 1.85. The lowest BCUT2D eigenvalue weighted by Crippen LogP contribution is -2.41. The molecule has 1 aromatic carbocycles. The zero-order valence-corrected chi connectivity index (χ0v) is 12.3. The number of nitrogens with zero attached hydrogens (tertiary/aromatic N) is 1. The topological polar surface area (TPSA) is 61.4 Å². The summed E-state index contributed by atoms with van der Waals surface area (Å²) in [6.07, 6.45) is 2.89. The lowest BCUT2D eigenvalue weighted by molar-refractivity contribution is -0.131. The van der Waals surface area contributed by atoms with Gasteiger partial charge < -0.3 is 15.5 Å². The van der Waals surface area contributed by atoms with Crippen molar-refractivity contribution in [1.29, 1.82) is 0 Å². The Hall–Kier alpha value is -2.04. The van der Waals surface area contributed by atoms with Crippen molar-refractivity contribution in [3.8, 4) is 0 Å². The molecule has 21 heavy (non-hydrogen) atoms. The normalized spacial score (nSPS) is 21.2. The molecule has 1 atom stereocenters. The molecular formula is C16H21N3O2. The molecule has 2 aliphatic rings. The zero-order valence-electron chi connectivity index (χ0n) is 12.3. The summed E-state index contributed by atoms with van der Waals surface area (Å²) >= 11 is 0. The molecule has 2 fully saturated rings. The second kappa shape index (κ2) is 5.76. The van der Waals surface area contributed by atoms with Crippen molar-refractivity contribution in [1.82, 2.24) is 10.2 Å². The van der Waals surface area contributed by atoms with E-state index in [1.54, 1.807) is 0 Å². The summed E-state index contributed by atoms with van der Waals surface area (Å²) in [6.45, 7) is 3.35. The van der Waals surface area contributed by atoms with Crippen LogP contribution in [0.1, 0.15) is 24.8 Å². The summed E-state index contributed by atoms with van der Waals surface area (Å²) in [5.74, 6) is 0.517. The molecule has 5 nitrogen and oxygen atoms in total. The number of carbonyl (C=O) groups excluding carboxylic acids is 2. The molecule has 5 heteroatoms. The number of anilines is 1. The summed E-state index contributed by atoms with van der Waals surface area (Å²) in [7, 11) is 0. The predicted molar refractivity (Wildman–Crippen MR) is 81.0 cm³/mol. The summed E-state index contributed by atoms with van der Waals surface area (Å²) in [4.78, 5) is 25.9. The molecule has 1 saturated heterocycles. The molecule has 1 aliphatic heterocycles. The van der Waals surface area contributed by atoms with Crippen LogP contribution in [0.25, 0.3) is 0 Å². The van der Waals surface area contributed by atoms with Crippen LogP contribution in [0, 0.1) is 12.8 Å². The largest absolute Gasteiger partial charge is 0.340 e. The van der Waals surface area contributed by atoms with Gasteiger partial charge in [0.2, 0.25) is 5.91 Å². The Morgan fingerprint density at radius 1 is 1.19 bits per heavy atom. The van der Waals surface area contributed by atoms with Gasteiger partial charge in [0.25, 0.3) is 0 Å². The highest BCUT2D eigenvalue weighted by molar-refractivity contribution is 5.90.